The standard InChI is InChI=1S/2C5H5.HN3.N3.Ti/c2*1-2-4-5-3-1;2*1-3-2;/h2*1-3H,4H2;1H;;/q;;;-1;. The fraction of sp³-hybridized carbons (Fsp3) is 0.200. The van der Waals surface area contributed by atoms with Gasteiger partial charge in [0, 0.05) is 0 Å². The third kappa shape index (κ3) is 8.14. The Kier molecular flexibility index (Phi) is 9.72. The van der Waals surface area contributed by atoms with Gasteiger partial charge in [-0.05, 0) is 10.4 Å². The Hall–Kier alpha value is -1.71. The van der Waals surface area contributed by atoms with Gasteiger partial charge in [-0.25, -0.2) is 0 Å². The van der Waals surface area contributed by atoms with E-state index in [0.29, 0.717) is 0 Å². The predicted octanol–water partition coefficient (Wildman–Crippen LogP) is 4.50. The van der Waals surface area contributed by atoms with Gasteiger partial charge < -0.3 is 11.1 Å². The number of hydrogen-bond acceptors (Lipinski definition) is 1. The van der Waals surface area contributed by atoms with Crippen LogP contribution in [-0.2, 0) is 19.2 Å². The van der Waals surface area contributed by atoms with Crippen LogP contribution < -0.4 is 0 Å². The summed E-state index contributed by atoms with van der Waals surface area (Å²) in [7, 11) is 0. The van der Waals surface area contributed by atoms with Crippen LogP contribution in [0.4, 0.5) is 0 Å². The van der Waals surface area contributed by atoms with Gasteiger partial charge in [0.2, 0.25) is 0 Å². The van der Waals surface area contributed by atoms with E-state index in [1.807, 2.05) is 0 Å². The molecule has 0 heterocycles. The molecular weight excluding hydrogens is 252 g/mol. The maximum Gasteiger partial charge on any atom is -0.00208 e. The molecule has 7 heteroatoms. The average molecular weight is 263 g/mol. The van der Waals surface area contributed by atoms with E-state index in [1.165, 1.54) is 17.8 Å². The minimum absolute atomic E-state index is 0.0833. The molecular formula is C10H11N6Ti-. The van der Waals surface area contributed by atoms with E-state index in [-0.39, 0.29) is 19.2 Å². The largest absolute Gasteiger partial charge is 0.373 e. The van der Waals surface area contributed by atoms with Crippen molar-refractivity contribution in [2.24, 2.45) is 0 Å². The van der Waals surface area contributed by atoms with E-state index in [0.717, 1.165) is 0 Å². The molecule has 0 bridgehead atoms. The molecule has 0 aromatic rings. The first-order chi connectivity index (χ1) is 8.28. The Morgan fingerprint density at radius 1 is 1.00 bits per heavy atom. The number of hydrogen-bond donors (Lipinski definition) is 1. The molecule has 0 aromatic heterocycles. The first-order valence-corrected chi connectivity index (χ1v) is 6.32. The minimum atomic E-state index is 0.0833. The fourth-order valence-electron chi connectivity index (χ4n) is 1.29. The second-order valence-electron chi connectivity index (χ2n) is 2.96. The molecule has 0 aromatic carbocycles. The second-order valence-corrected chi connectivity index (χ2v) is 5.36. The summed E-state index contributed by atoms with van der Waals surface area (Å²) in [5, 5.41) is 0. The van der Waals surface area contributed by atoms with Gasteiger partial charge in [0.25, 0.3) is 0 Å². The molecule has 0 radical (unpaired) electrons. The smallest absolute Gasteiger partial charge is 0.00208 e. The predicted molar refractivity (Wildman–Crippen MR) is 63.2 cm³/mol. The summed E-state index contributed by atoms with van der Waals surface area (Å²) in [6, 6.07) is 0. The summed E-state index contributed by atoms with van der Waals surface area (Å²) in [5.41, 5.74) is 25.8. The molecule has 0 unspecified atom stereocenters. The molecule has 1 N–H and O–H groups in total. The SMILES string of the molecule is C1=CC[C]([Ti][C]2=CC=CC2)=C1.[N-]=[N+]=N.[N-]=[N+]=[N-]. The summed E-state index contributed by atoms with van der Waals surface area (Å²) < 4.78 is 3.36. The van der Waals surface area contributed by atoms with Crippen molar-refractivity contribution in [3.05, 3.63) is 70.6 Å². The Morgan fingerprint density at radius 2 is 1.35 bits per heavy atom. The summed E-state index contributed by atoms with van der Waals surface area (Å²) >= 11 is 0.0833. The molecule has 0 saturated heterocycles. The van der Waals surface area contributed by atoms with Gasteiger partial charge in [-0.1, -0.05) is 0 Å². The van der Waals surface area contributed by atoms with Crippen LogP contribution in [0.1, 0.15) is 12.8 Å². The molecule has 17 heavy (non-hydrogen) atoms. The van der Waals surface area contributed by atoms with Gasteiger partial charge in [0.1, 0.15) is 0 Å². The monoisotopic (exact) mass is 263 g/mol. The van der Waals surface area contributed by atoms with Crippen LogP contribution >= 0.6 is 0 Å². The van der Waals surface area contributed by atoms with Crippen molar-refractivity contribution < 1.29 is 19.2 Å². The van der Waals surface area contributed by atoms with Crippen molar-refractivity contribution in [1.82, 2.24) is 0 Å². The van der Waals surface area contributed by atoms with Crippen LogP contribution in [0.25, 0.3) is 26.4 Å². The zero-order valence-electron chi connectivity index (χ0n) is 9.11. The van der Waals surface area contributed by atoms with Gasteiger partial charge in [0.15, 0.2) is 0 Å². The number of nitrogens with zero attached hydrogens (tertiary/aromatic N) is 5. The fourth-order valence-corrected chi connectivity index (χ4v) is 3.18. The summed E-state index contributed by atoms with van der Waals surface area (Å²) in [6.07, 6.45) is 15.9. The first-order valence-electron chi connectivity index (χ1n) is 4.76. The van der Waals surface area contributed by atoms with E-state index in [4.69, 9.17) is 22.1 Å². The van der Waals surface area contributed by atoms with E-state index >= 15 is 0 Å². The van der Waals surface area contributed by atoms with Crippen LogP contribution in [0.15, 0.2) is 44.2 Å². The molecule has 2 aliphatic carbocycles. The topological polar surface area (TPSA) is 119 Å². The maximum atomic E-state index is 6.86. The molecule has 0 aliphatic heterocycles. The van der Waals surface area contributed by atoms with Crippen LogP contribution in [-0.4, -0.2) is 0 Å². The molecule has 0 atom stereocenters. The van der Waals surface area contributed by atoms with Crippen molar-refractivity contribution >= 4 is 0 Å². The Labute approximate surface area is 108 Å². The van der Waals surface area contributed by atoms with E-state index in [9.17, 15) is 0 Å². The third-order valence-corrected chi connectivity index (χ3v) is 4.02. The van der Waals surface area contributed by atoms with E-state index in [1.54, 1.807) is 12.7 Å². The minimum Gasteiger partial charge on any atom is -0.373 e. The van der Waals surface area contributed by atoms with Gasteiger partial charge in [-0.3, -0.25) is 4.91 Å². The molecule has 0 fully saturated rings. The van der Waals surface area contributed by atoms with Crippen molar-refractivity contribution in [2.45, 2.75) is 12.8 Å². The zero-order chi connectivity index (χ0) is 12.9. The molecule has 0 amide bonds. The zero-order valence-corrected chi connectivity index (χ0v) is 10.7. The van der Waals surface area contributed by atoms with Crippen LogP contribution in [0.3, 0.4) is 0 Å². The Balaban J connectivity index is 0.000000366. The maximum absolute atomic E-state index is 6.86. The summed E-state index contributed by atoms with van der Waals surface area (Å²) in [4.78, 5) is 3.25. The molecule has 6 nitrogen and oxygen atoms in total. The van der Waals surface area contributed by atoms with Crippen molar-refractivity contribution in [3.8, 4) is 0 Å². The van der Waals surface area contributed by atoms with Gasteiger partial charge in [0.05, 0.1) is 0 Å². The number of rotatable bonds is 2. The molecule has 2 rings (SSSR count). The van der Waals surface area contributed by atoms with Crippen molar-refractivity contribution in [3.63, 3.8) is 0 Å². The molecule has 86 valence electrons. The second kappa shape index (κ2) is 10.8. The van der Waals surface area contributed by atoms with Crippen LogP contribution in [0.2, 0.25) is 0 Å². The van der Waals surface area contributed by atoms with Crippen LogP contribution in [0, 0.1) is 5.53 Å². The normalized spacial score (nSPS) is 14.1. The molecule has 0 saturated carbocycles. The quantitative estimate of drug-likeness (QED) is 0.326. The first kappa shape index (κ1) is 15.3. The Bertz CT molecular complexity index is 380. The van der Waals surface area contributed by atoms with Gasteiger partial charge >= 0.3 is 76.2 Å². The molecule has 0 spiro atoms. The number of nitrogens with one attached hydrogen (secondary N) is 1. The van der Waals surface area contributed by atoms with Crippen LogP contribution in [0.5, 0.6) is 0 Å². The molecule has 2 aliphatic rings. The van der Waals surface area contributed by atoms with Gasteiger partial charge in [-0.15, -0.1) is 5.53 Å². The average Bonchev–Trinajstić information content (AvgIpc) is 2.94. The van der Waals surface area contributed by atoms with Gasteiger partial charge in [-0.2, -0.15) is 0 Å². The van der Waals surface area contributed by atoms with Crippen molar-refractivity contribution in [2.75, 3.05) is 0 Å². The number of allylic oxidation sites excluding steroid dienone is 8. The summed E-state index contributed by atoms with van der Waals surface area (Å²) in [5.74, 6) is 0. The Morgan fingerprint density at radius 3 is 1.59 bits per heavy atom. The summed E-state index contributed by atoms with van der Waals surface area (Å²) in [6.45, 7) is 0. The third-order valence-electron chi connectivity index (χ3n) is 1.86. The van der Waals surface area contributed by atoms with Crippen molar-refractivity contribution in [1.29, 1.82) is 5.53 Å². The van der Waals surface area contributed by atoms with E-state index in [2.05, 4.69) is 36.5 Å². The van der Waals surface area contributed by atoms with E-state index < -0.39 is 0 Å².